The van der Waals surface area contributed by atoms with Crippen LogP contribution in [0.1, 0.15) is 6.42 Å². The molecule has 0 aromatic heterocycles. The van der Waals surface area contributed by atoms with Crippen LogP contribution in [0.2, 0.25) is 0 Å². The van der Waals surface area contributed by atoms with Gasteiger partial charge in [-0.3, -0.25) is 0 Å². The molecule has 0 aliphatic carbocycles. The van der Waals surface area contributed by atoms with Crippen LogP contribution in [0.5, 0.6) is 0 Å². The van der Waals surface area contributed by atoms with Gasteiger partial charge >= 0.3 is 0 Å². The molecule has 1 heterocycles. The highest BCUT2D eigenvalue weighted by Gasteiger charge is 2.24. The number of rotatable bonds is 8. The lowest BCUT2D eigenvalue weighted by atomic mass is 10.2. The third-order valence-corrected chi connectivity index (χ3v) is 2.32. The van der Waals surface area contributed by atoms with Gasteiger partial charge in [0.1, 0.15) is 0 Å². The Balaban J connectivity index is 1.84. The van der Waals surface area contributed by atoms with Crippen LogP contribution in [0.25, 0.3) is 0 Å². The number of β-amino-alcohol motifs (C(OH)–C–C–N with tert-alkyl or cyclic N) is 1. The summed E-state index contributed by atoms with van der Waals surface area (Å²) >= 11 is 0. The van der Waals surface area contributed by atoms with E-state index in [9.17, 15) is 5.11 Å². The first-order chi connectivity index (χ1) is 7.34. The molecule has 1 fully saturated rings. The molecule has 2 unspecified atom stereocenters. The summed E-state index contributed by atoms with van der Waals surface area (Å²) in [6.45, 7) is 3.95. The van der Waals surface area contributed by atoms with E-state index >= 15 is 0 Å². The molecule has 5 nitrogen and oxygen atoms in total. The Hall–Kier alpha value is -0.200. The lowest BCUT2D eigenvalue weighted by Gasteiger charge is -2.14. The fourth-order valence-electron chi connectivity index (χ4n) is 1.45. The van der Waals surface area contributed by atoms with Crippen LogP contribution in [0.4, 0.5) is 0 Å². The summed E-state index contributed by atoms with van der Waals surface area (Å²) in [7, 11) is 1.65. The van der Waals surface area contributed by atoms with E-state index in [1.807, 2.05) is 0 Å². The highest BCUT2D eigenvalue weighted by atomic mass is 16.5. The summed E-state index contributed by atoms with van der Waals surface area (Å²) in [6, 6.07) is 0. The van der Waals surface area contributed by atoms with Crippen molar-refractivity contribution in [1.82, 2.24) is 5.32 Å². The summed E-state index contributed by atoms with van der Waals surface area (Å²) in [5, 5.41) is 12.5. The molecule has 2 N–H and O–H groups in total. The minimum absolute atomic E-state index is 0.0519. The maximum absolute atomic E-state index is 9.43. The molecule has 0 aromatic carbocycles. The maximum Gasteiger partial charge on any atom is 0.0970 e. The molecule has 1 aliphatic heterocycles. The van der Waals surface area contributed by atoms with Crippen molar-refractivity contribution in [2.24, 2.45) is 0 Å². The Bertz CT molecular complexity index is 156. The van der Waals surface area contributed by atoms with Crippen molar-refractivity contribution in [3.8, 4) is 0 Å². The Labute approximate surface area is 90.7 Å². The van der Waals surface area contributed by atoms with Crippen molar-refractivity contribution in [1.29, 1.82) is 0 Å². The highest BCUT2D eigenvalue weighted by Crippen LogP contribution is 2.04. The molecular weight excluding hydrogens is 198 g/mol. The Morgan fingerprint density at radius 3 is 2.73 bits per heavy atom. The number of aliphatic hydroxyl groups excluding tert-OH is 1. The Kier molecular flexibility index (Phi) is 6.87. The lowest BCUT2D eigenvalue weighted by molar-refractivity contribution is -0.0182. The molecule has 1 saturated heterocycles. The van der Waals surface area contributed by atoms with Gasteiger partial charge in [-0.25, -0.2) is 0 Å². The third kappa shape index (κ3) is 5.44. The van der Waals surface area contributed by atoms with E-state index in [1.165, 1.54) is 0 Å². The summed E-state index contributed by atoms with van der Waals surface area (Å²) in [4.78, 5) is 0. The van der Waals surface area contributed by atoms with Gasteiger partial charge in [0, 0.05) is 33.4 Å². The maximum atomic E-state index is 9.43. The van der Waals surface area contributed by atoms with E-state index in [0.29, 0.717) is 33.0 Å². The number of hydrogen-bond acceptors (Lipinski definition) is 5. The van der Waals surface area contributed by atoms with Crippen molar-refractivity contribution >= 4 is 0 Å². The minimum atomic E-state index is -0.362. The molecule has 0 amide bonds. The molecule has 0 spiro atoms. The molecule has 5 heteroatoms. The number of nitrogens with one attached hydrogen (secondary N) is 1. The molecule has 1 rings (SSSR count). The third-order valence-electron chi connectivity index (χ3n) is 2.32. The molecule has 90 valence electrons. The van der Waals surface area contributed by atoms with Gasteiger partial charge in [-0.1, -0.05) is 0 Å². The van der Waals surface area contributed by atoms with Crippen molar-refractivity contribution in [2.75, 3.05) is 46.6 Å². The van der Waals surface area contributed by atoms with Crippen LogP contribution in [0.3, 0.4) is 0 Å². The zero-order chi connectivity index (χ0) is 10.9. The molecule has 1 aliphatic rings. The van der Waals surface area contributed by atoms with Crippen LogP contribution >= 0.6 is 0 Å². The van der Waals surface area contributed by atoms with Gasteiger partial charge in [-0.15, -0.1) is 0 Å². The Morgan fingerprint density at radius 2 is 2.07 bits per heavy atom. The van der Waals surface area contributed by atoms with E-state index in [2.05, 4.69) is 5.32 Å². The van der Waals surface area contributed by atoms with Gasteiger partial charge < -0.3 is 24.6 Å². The molecule has 2 atom stereocenters. The van der Waals surface area contributed by atoms with E-state index in [0.717, 1.165) is 13.0 Å². The van der Waals surface area contributed by atoms with Gasteiger partial charge in [-0.05, 0) is 6.42 Å². The van der Waals surface area contributed by atoms with Crippen LogP contribution in [-0.2, 0) is 14.2 Å². The lowest BCUT2D eigenvalue weighted by Crippen LogP contribution is -2.27. The van der Waals surface area contributed by atoms with Gasteiger partial charge in [-0.2, -0.15) is 0 Å². The first-order valence-corrected chi connectivity index (χ1v) is 5.41. The summed E-state index contributed by atoms with van der Waals surface area (Å²) in [5.74, 6) is 0. The van der Waals surface area contributed by atoms with Gasteiger partial charge in [0.15, 0.2) is 0 Å². The standard InChI is InChI=1S/C10H21NO4/c1-13-5-6-14-3-2-4-15-10-8-11-7-9(10)12/h9-12H,2-8H2,1H3. The average molecular weight is 219 g/mol. The smallest absolute Gasteiger partial charge is 0.0970 e. The van der Waals surface area contributed by atoms with Crippen LogP contribution < -0.4 is 5.32 Å². The second-order valence-electron chi connectivity index (χ2n) is 3.59. The quantitative estimate of drug-likeness (QED) is 0.533. The summed E-state index contributed by atoms with van der Waals surface area (Å²) in [6.07, 6.45) is 0.441. The Morgan fingerprint density at radius 1 is 1.20 bits per heavy atom. The van der Waals surface area contributed by atoms with Crippen LogP contribution in [0.15, 0.2) is 0 Å². The molecule has 0 aromatic rings. The monoisotopic (exact) mass is 219 g/mol. The van der Waals surface area contributed by atoms with E-state index < -0.39 is 0 Å². The average Bonchev–Trinajstić information content (AvgIpc) is 2.63. The zero-order valence-corrected chi connectivity index (χ0v) is 9.28. The fourth-order valence-corrected chi connectivity index (χ4v) is 1.45. The second kappa shape index (κ2) is 8.01. The van der Waals surface area contributed by atoms with E-state index in [4.69, 9.17) is 14.2 Å². The van der Waals surface area contributed by atoms with Gasteiger partial charge in [0.2, 0.25) is 0 Å². The molecule has 15 heavy (non-hydrogen) atoms. The predicted molar refractivity (Wildman–Crippen MR) is 55.9 cm³/mol. The van der Waals surface area contributed by atoms with Crippen molar-refractivity contribution in [3.05, 3.63) is 0 Å². The van der Waals surface area contributed by atoms with Gasteiger partial charge in [0.05, 0.1) is 25.4 Å². The molecule has 0 saturated carbocycles. The highest BCUT2D eigenvalue weighted by molar-refractivity contribution is 4.80. The second-order valence-corrected chi connectivity index (χ2v) is 3.59. The minimum Gasteiger partial charge on any atom is -0.389 e. The molecule has 0 bridgehead atoms. The predicted octanol–water partition coefficient (Wildman–Crippen LogP) is -0.611. The molecule has 0 radical (unpaired) electrons. The van der Waals surface area contributed by atoms with Crippen LogP contribution in [-0.4, -0.2) is 63.9 Å². The number of aliphatic hydroxyl groups is 1. The number of hydrogen-bond donors (Lipinski definition) is 2. The fraction of sp³-hybridized carbons (Fsp3) is 1.00. The van der Waals surface area contributed by atoms with Crippen molar-refractivity contribution < 1.29 is 19.3 Å². The largest absolute Gasteiger partial charge is 0.389 e. The summed E-state index contributed by atoms with van der Waals surface area (Å²) in [5.41, 5.74) is 0. The SMILES string of the molecule is COCCOCCCOC1CNCC1O. The number of ether oxygens (including phenoxy) is 3. The van der Waals surface area contributed by atoms with E-state index in [-0.39, 0.29) is 12.2 Å². The first kappa shape index (κ1) is 12.9. The van der Waals surface area contributed by atoms with Crippen LogP contribution in [0, 0.1) is 0 Å². The molecular formula is C10H21NO4. The normalized spacial score (nSPS) is 26.0. The van der Waals surface area contributed by atoms with Gasteiger partial charge in [0.25, 0.3) is 0 Å². The summed E-state index contributed by atoms with van der Waals surface area (Å²) < 4.78 is 15.6. The first-order valence-electron chi connectivity index (χ1n) is 5.41. The van der Waals surface area contributed by atoms with Crippen molar-refractivity contribution in [2.45, 2.75) is 18.6 Å². The van der Waals surface area contributed by atoms with Crippen molar-refractivity contribution in [3.63, 3.8) is 0 Å². The number of methoxy groups -OCH3 is 1. The topological polar surface area (TPSA) is 60.0 Å². The van der Waals surface area contributed by atoms with E-state index in [1.54, 1.807) is 7.11 Å². The zero-order valence-electron chi connectivity index (χ0n) is 9.28.